The van der Waals surface area contributed by atoms with Crippen molar-refractivity contribution in [1.82, 2.24) is 10.1 Å². The van der Waals surface area contributed by atoms with E-state index in [-0.39, 0.29) is 11.8 Å². The quantitative estimate of drug-likeness (QED) is 0.738. The van der Waals surface area contributed by atoms with Crippen molar-refractivity contribution in [1.29, 1.82) is 0 Å². The maximum Gasteiger partial charge on any atom is 0.293 e. The number of aryl methyl sites for hydroxylation is 1. The Morgan fingerprint density at radius 1 is 1.21 bits per heavy atom. The fourth-order valence-electron chi connectivity index (χ4n) is 3.04. The summed E-state index contributed by atoms with van der Waals surface area (Å²) in [6.45, 7) is 4.64. The van der Waals surface area contributed by atoms with E-state index >= 15 is 0 Å². The van der Waals surface area contributed by atoms with Crippen molar-refractivity contribution in [3.05, 3.63) is 53.5 Å². The van der Waals surface area contributed by atoms with Gasteiger partial charge in [-0.1, -0.05) is 17.3 Å². The van der Waals surface area contributed by atoms with Gasteiger partial charge in [-0.05, 0) is 43.2 Å². The van der Waals surface area contributed by atoms with Crippen LogP contribution in [0.5, 0.6) is 0 Å². The highest BCUT2D eigenvalue weighted by molar-refractivity contribution is 5.97. The van der Waals surface area contributed by atoms with Crippen LogP contribution in [0, 0.1) is 13.8 Å². The van der Waals surface area contributed by atoms with Crippen LogP contribution in [0.1, 0.15) is 29.3 Å². The van der Waals surface area contributed by atoms with Crippen LogP contribution in [0.2, 0.25) is 0 Å². The van der Waals surface area contributed by atoms with E-state index in [9.17, 15) is 4.79 Å². The smallest absolute Gasteiger partial charge is 0.293 e. The highest BCUT2D eigenvalue weighted by Crippen LogP contribution is 2.33. The lowest BCUT2D eigenvalue weighted by Crippen LogP contribution is -2.25. The molecule has 1 saturated heterocycles. The molecule has 1 fully saturated rings. The summed E-state index contributed by atoms with van der Waals surface area (Å²) < 4.78 is 10.5. The number of nitrogens with zero attached hydrogens (tertiary/aromatic N) is 3. The molecule has 3 heterocycles. The van der Waals surface area contributed by atoms with Crippen LogP contribution in [0.25, 0.3) is 11.7 Å². The normalized spacial score (nSPS) is 17.7. The third-order valence-electron chi connectivity index (χ3n) is 4.53. The van der Waals surface area contributed by atoms with Gasteiger partial charge in [0, 0.05) is 24.6 Å². The number of carbonyl (C=O) groups is 1. The Bertz CT molecular complexity index is 883. The van der Waals surface area contributed by atoms with Gasteiger partial charge in [0.1, 0.15) is 0 Å². The first kappa shape index (κ1) is 14.7. The molecule has 3 aromatic rings. The summed E-state index contributed by atoms with van der Waals surface area (Å²) in [5, 5.41) is 4.03. The molecule has 0 N–H and O–H groups in total. The SMILES string of the molecule is Cc1cccc(N2CC(c3noc(-c4ccco4)n3)CC2=O)c1C. The van der Waals surface area contributed by atoms with Crippen LogP contribution in [0.3, 0.4) is 0 Å². The second-order valence-electron chi connectivity index (χ2n) is 6.06. The molecular weight excluding hydrogens is 306 g/mol. The molecule has 1 amide bonds. The third kappa shape index (κ3) is 2.40. The molecule has 6 nitrogen and oxygen atoms in total. The van der Waals surface area contributed by atoms with Crippen molar-refractivity contribution in [2.45, 2.75) is 26.2 Å². The van der Waals surface area contributed by atoms with Crippen LogP contribution in [0.4, 0.5) is 5.69 Å². The van der Waals surface area contributed by atoms with Crippen LogP contribution in [-0.4, -0.2) is 22.6 Å². The number of furan rings is 1. The monoisotopic (exact) mass is 323 g/mol. The van der Waals surface area contributed by atoms with Gasteiger partial charge in [0.2, 0.25) is 5.91 Å². The van der Waals surface area contributed by atoms with Crippen LogP contribution >= 0.6 is 0 Å². The Balaban J connectivity index is 1.59. The average Bonchev–Trinajstić information content (AvgIpc) is 3.29. The van der Waals surface area contributed by atoms with Crippen molar-refractivity contribution in [3.8, 4) is 11.7 Å². The topological polar surface area (TPSA) is 72.4 Å². The van der Waals surface area contributed by atoms with Crippen molar-refractivity contribution < 1.29 is 13.7 Å². The van der Waals surface area contributed by atoms with Crippen LogP contribution in [-0.2, 0) is 4.79 Å². The maximum absolute atomic E-state index is 12.5. The number of aromatic nitrogens is 2. The second-order valence-corrected chi connectivity index (χ2v) is 6.06. The number of hydrogen-bond acceptors (Lipinski definition) is 5. The molecule has 2 aromatic heterocycles. The zero-order valence-electron chi connectivity index (χ0n) is 13.5. The van der Waals surface area contributed by atoms with Crippen molar-refractivity contribution in [2.75, 3.05) is 11.4 Å². The fraction of sp³-hybridized carbons (Fsp3) is 0.278. The van der Waals surface area contributed by atoms with Gasteiger partial charge in [0.05, 0.1) is 6.26 Å². The largest absolute Gasteiger partial charge is 0.459 e. The molecule has 1 atom stereocenters. The van der Waals surface area contributed by atoms with Crippen LogP contribution in [0.15, 0.2) is 45.5 Å². The summed E-state index contributed by atoms with van der Waals surface area (Å²) in [7, 11) is 0. The minimum Gasteiger partial charge on any atom is -0.459 e. The minimum atomic E-state index is -0.0788. The zero-order valence-corrected chi connectivity index (χ0v) is 13.5. The van der Waals surface area contributed by atoms with Gasteiger partial charge in [0.25, 0.3) is 5.89 Å². The van der Waals surface area contributed by atoms with Gasteiger partial charge in [0.15, 0.2) is 11.6 Å². The Morgan fingerprint density at radius 2 is 2.08 bits per heavy atom. The number of anilines is 1. The molecule has 24 heavy (non-hydrogen) atoms. The summed E-state index contributed by atoms with van der Waals surface area (Å²) in [5.74, 6) is 1.42. The highest BCUT2D eigenvalue weighted by atomic mass is 16.5. The van der Waals surface area contributed by atoms with Crippen molar-refractivity contribution >= 4 is 11.6 Å². The zero-order chi connectivity index (χ0) is 16.7. The van der Waals surface area contributed by atoms with Crippen molar-refractivity contribution in [2.24, 2.45) is 0 Å². The number of benzene rings is 1. The number of carbonyl (C=O) groups excluding carboxylic acids is 1. The number of hydrogen-bond donors (Lipinski definition) is 0. The predicted molar refractivity (Wildman–Crippen MR) is 87.6 cm³/mol. The van der Waals surface area contributed by atoms with Gasteiger partial charge in [-0.25, -0.2) is 0 Å². The molecular formula is C18H17N3O3. The molecule has 1 unspecified atom stereocenters. The Labute approximate surface area is 139 Å². The van der Waals surface area contributed by atoms with Gasteiger partial charge < -0.3 is 13.8 Å². The highest BCUT2D eigenvalue weighted by Gasteiger charge is 2.35. The second kappa shape index (κ2) is 5.63. The Kier molecular flexibility index (Phi) is 3.45. The summed E-state index contributed by atoms with van der Waals surface area (Å²) in [4.78, 5) is 18.7. The fourth-order valence-corrected chi connectivity index (χ4v) is 3.04. The van der Waals surface area contributed by atoms with Gasteiger partial charge in [-0.2, -0.15) is 4.98 Å². The summed E-state index contributed by atoms with van der Waals surface area (Å²) in [5.41, 5.74) is 3.25. The lowest BCUT2D eigenvalue weighted by molar-refractivity contribution is -0.117. The van der Waals surface area contributed by atoms with E-state index in [1.807, 2.05) is 36.9 Å². The summed E-state index contributed by atoms with van der Waals surface area (Å²) in [6, 6.07) is 9.53. The first-order valence-electron chi connectivity index (χ1n) is 7.87. The Hall–Kier alpha value is -2.89. The van der Waals surface area contributed by atoms with E-state index in [0.29, 0.717) is 30.4 Å². The molecule has 1 aliphatic heterocycles. The van der Waals surface area contributed by atoms with Crippen LogP contribution < -0.4 is 4.90 Å². The maximum atomic E-state index is 12.5. The molecule has 4 rings (SSSR count). The molecule has 0 radical (unpaired) electrons. The molecule has 0 aliphatic carbocycles. The van der Waals surface area contributed by atoms with E-state index in [1.165, 1.54) is 5.56 Å². The van der Waals surface area contributed by atoms with E-state index in [1.54, 1.807) is 18.4 Å². The van der Waals surface area contributed by atoms with Gasteiger partial charge in [-0.15, -0.1) is 0 Å². The summed E-state index contributed by atoms with van der Waals surface area (Å²) >= 11 is 0. The molecule has 0 spiro atoms. The predicted octanol–water partition coefficient (Wildman–Crippen LogP) is 3.47. The molecule has 1 aromatic carbocycles. The Morgan fingerprint density at radius 3 is 2.88 bits per heavy atom. The van der Waals surface area contributed by atoms with E-state index in [0.717, 1.165) is 11.3 Å². The average molecular weight is 323 g/mol. The first-order chi connectivity index (χ1) is 11.6. The molecule has 122 valence electrons. The lowest BCUT2D eigenvalue weighted by Gasteiger charge is -2.19. The standard InChI is InChI=1S/C18H17N3O3/c1-11-5-3-6-14(12(11)2)21-10-13(9-16(21)22)17-19-18(24-20-17)15-7-4-8-23-15/h3-8,13H,9-10H2,1-2H3. The van der Waals surface area contributed by atoms with E-state index in [2.05, 4.69) is 10.1 Å². The van der Waals surface area contributed by atoms with E-state index < -0.39 is 0 Å². The molecule has 6 heteroatoms. The van der Waals surface area contributed by atoms with Crippen molar-refractivity contribution in [3.63, 3.8) is 0 Å². The van der Waals surface area contributed by atoms with Gasteiger partial charge in [-0.3, -0.25) is 4.79 Å². The molecule has 0 saturated carbocycles. The van der Waals surface area contributed by atoms with Gasteiger partial charge >= 0.3 is 0 Å². The molecule has 1 aliphatic rings. The minimum absolute atomic E-state index is 0.0788. The van der Waals surface area contributed by atoms with E-state index in [4.69, 9.17) is 8.94 Å². The first-order valence-corrected chi connectivity index (χ1v) is 7.87. The molecule has 0 bridgehead atoms. The lowest BCUT2D eigenvalue weighted by atomic mass is 10.1. The number of rotatable bonds is 3. The number of amides is 1. The third-order valence-corrected chi connectivity index (χ3v) is 4.53. The summed E-state index contributed by atoms with van der Waals surface area (Å²) in [6.07, 6.45) is 1.94.